The molecule has 0 fully saturated rings. The van der Waals surface area contributed by atoms with Gasteiger partial charge in [0, 0.05) is 13.0 Å². The summed E-state index contributed by atoms with van der Waals surface area (Å²) in [5, 5.41) is 29.6. The van der Waals surface area contributed by atoms with E-state index in [2.05, 4.69) is 29.7 Å². The van der Waals surface area contributed by atoms with Crippen molar-refractivity contribution in [2.24, 2.45) is 5.73 Å². The van der Waals surface area contributed by atoms with E-state index in [1.807, 2.05) is 6.92 Å². The van der Waals surface area contributed by atoms with Crippen LogP contribution in [0.4, 0.5) is 0 Å². The van der Waals surface area contributed by atoms with E-state index in [1.54, 1.807) is 0 Å². The molecule has 0 aliphatic rings. The molecule has 1 atom stereocenters. The first kappa shape index (κ1) is 34.1. The Morgan fingerprint density at radius 2 is 1.38 bits per heavy atom. The van der Waals surface area contributed by atoms with Crippen LogP contribution in [0.2, 0.25) is 0 Å². The molecule has 0 aromatic heterocycles. The fourth-order valence-electron chi connectivity index (χ4n) is 3.44. The van der Waals surface area contributed by atoms with Crippen molar-refractivity contribution in [3.8, 4) is 0 Å². The molecule has 200 valence electrons. The van der Waals surface area contributed by atoms with Crippen LogP contribution in [0, 0.1) is 5.41 Å². The Kier molecular flexibility index (Phi) is 27.2. The number of likely N-dealkylation sites (N-methyl/N-ethyl adjacent to an activating group) is 1. The van der Waals surface area contributed by atoms with E-state index in [-0.39, 0.29) is 5.96 Å². The highest BCUT2D eigenvalue weighted by Gasteiger charge is 2.14. The third-order valence-electron chi connectivity index (χ3n) is 5.39. The van der Waals surface area contributed by atoms with Crippen molar-refractivity contribution >= 4 is 17.9 Å². The smallest absolute Gasteiger partial charge is 0.320 e. The Bertz CT molecular complexity index is 527. The number of hydrogen-bond donors (Lipinski definition) is 6. The highest BCUT2D eigenvalue weighted by Crippen LogP contribution is 2.09. The van der Waals surface area contributed by atoms with Crippen LogP contribution in [0.1, 0.15) is 117 Å². The van der Waals surface area contributed by atoms with Gasteiger partial charge in [0.15, 0.2) is 5.96 Å². The van der Waals surface area contributed by atoms with Gasteiger partial charge < -0.3 is 26.6 Å². The first-order valence-corrected chi connectivity index (χ1v) is 13.3. The quantitative estimate of drug-likeness (QED) is 0.0520. The van der Waals surface area contributed by atoms with Gasteiger partial charge in [-0.15, -0.1) is 0 Å². The van der Waals surface area contributed by atoms with Crippen molar-refractivity contribution in [3.05, 3.63) is 12.2 Å². The minimum atomic E-state index is -0.838. The van der Waals surface area contributed by atoms with E-state index in [0.29, 0.717) is 32.4 Å². The maximum absolute atomic E-state index is 10.7. The third-order valence-corrected chi connectivity index (χ3v) is 5.39. The molecule has 1 unspecified atom stereocenters. The van der Waals surface area contributed by atoms with Crippen molar-refractivity contribution in [2.75, 3.05) is 13.1 Å². The van der Waals surface area contributed by atoms with Gasteiger partial charge >= 0.3 is 11.9 Å². The second kappa shape index (κ2) is 27.2. The maximum atomic E-state index is 10.7. The first-order valence-electron chi connectivity index (χ1n) is 13.3. The zero-order valence-corrected chi connectivity index (χ0v) is 21.7. The van der Waals surface area contributed by atoms with Gasteiger partial charge in [0.25, 0.3) is 0 Å². The number of nitrogens with two attached hydrogens (primary N) is 1. The summed E-state index contributed by atoms with van der Waals surface area (Å²) >= 11 is 0. The van der Waals surface area contributed by atoms with Crippen LogP contribution in [0.3, 0.4) is 0 Å². The van der Waals surface area contributed by atoms with Crippen LogP contribution in [-0.4, -0.2) is 47.2 Å². The molecule has 0 amide bonds. The average molecular weight is 485 g/mol. The number of aliphatic carboxylic acids is 2. The summed E-state index contributed by atoms with van der Waals surface area (Å²) in [6.07, 6.45) is 22.4. The van der Waals surface area contributed by atoms with Crippen LogP contribution >= 0.6 is 0 Å². The van der Waals surface area contributed by atoms with E-state index < -0.39 is 18.0 Å². The van der Waals surface area contributed by atoms with Gasteiger partial charge in [0.2, 0.25) is 0 Å². The molecule has 34 heavy (non-hydrogen) atoms. The molecule has 8 nitrogen and oxygen atoms in total. The predicted molar refractivity (Wildman–Crippen MR) is 141 cm³/mol. The third kappa shape index (κ3) is 29.9. The minimum Gasteiger partial charge on any atom is -0.481 e. The fourth-order valence-corrected chi connectivity index (χ4v) is 3.44. The van der Waals surface area contributed by atoms with Gasteiger partial charge in [-0.25, -0.2) is 0 Å². The van der Waals surface area contributed by atoms with Gasteiger partial charge in [-0.1, -0.05) is 77.4 Å². The van der Waals surface area contributed by atoms with E-state index in [1.165, 1.54) is 70.6 Å². The molecule has 0 radical (unpaired) electrons. The van der Waals surface area contributed by atoms with Crippen molar-refractivity contribution in [1.29, 1.82) is 5.41 Å². The number of allylic oxidation sites excluding steroid dienone is 2. The summed E-state index contributed by atoms with van der Waals surface area (Å²) in [7, 11) is 0. The number of nitrogens with one attached hydrogen (secondary N) is 3. The number of hydrogen-bond acceptors (Lipinski definition) is 4. The van der Waals surface area contributed by atoms with Crippen molar-refractivity contribution in [2.45, 2.75) is 123 Å². The van der Waals surface area contributed by atoms with Crippen LogP contribution in [0.25, 0.3) is 0 Å². The van der Waals surface area contributed by atoms with E-state index in [0.717, 1.165) is 12.8 Å². The van der Waals surface area contributed by atoms with Crippen molar-refractivity contribution in [3.63, 3.8) is 0 Å². The van der Waals surface area contributed by atoms with E-state index in [4.69, 9.17) is 21.4 Å². The Labute approximate surface area is 207 Å². The van der Waals surface area contributed by atoms with Crippen LogP contribution in [0.15, 0.2) is 12.2 Å². The van der Waals surface area contributed by atoms with Gasteiger partial charge in [0.1, 0.15) is 6.04 Å². The van der Waals surface area contributed by atoms with Gasteiger partial charge in [-0.05, 0) is 51.5 Å². The minimum absolute atomic E-state index is 0.0830. The van der Waals surface area contributed by atoms with Gasteiger partial charge in [-0.3, -0.25) is 15.0 Å². The molecule has 0 aromatic carbocycles. The first-order chi connectivity index (χ1) is 16.3. The predicted octanol–water partition coefficient (Wildman–Crippen LogP) is 5.42. The number of guanidine groups is 1. The molecule has 8 heteroatoms. The standard InChI is InChI=1S/C18H34O2.C8H18N4O2/c1-2-3-4-5-6-7-8-9-10-11-12-13-14-15-16-17-18(19)20;1-2-11-6(7(13)14)4-3-5-12-8(9)10/h9-10H,2-8,11-17H2,1H3,(H,19,20);6,11H,2-5H2,1H3,(H,13,14)(H4,9,10,12)/b10-9-;. The lowest BCUT2D eigenvalue weighted by Crippen LogP contribution is -2.38. The summed E-state index contributed by atoms with van der Waals surface area (Å²) in [5.41, 5.74) is 5.07. The SMILES string of the molecule is CCCCCCCC/C=C\CCCCCCCC(=O)O.CCNC(CCCNC(=N)N)C(=O)O. The van der Waals surface area contributed by atoms with Gasteiger partial charge in [0.05, 0.1) is 0 Å². The molecule has 0 spiro atoms. The Morgan fingerprint density at radius 3 is 1.85 bits per heavy atom. The Balaban J connectivity index is 0. The molecular formula is C26H52N4O4. The molecule has 7 N–H and O–H groups in total. The van der Waals surface area contributed by atoms with E-state index >= 15 is 0 Å². The number of carbonyl (C=O) groups is 2. The topological polar surface area (TPSA) is 149 Å². The van der Waals surface area contributed by atoms with Gasteiger partial charge in [-0.2, -0.15) is 0 Å². The average Bonchev–Trinajstić information content (AvgIpc) is 2.78. The number of carboxylic acid groups (broad SMARTS) is 2. The highest BCUT2D eigenvalue weighted by molar-refractivity contribution is 5.74. The molecular weight excluding hydrogens is 432 g/mol. The maximum Gasteiger partial charge on any atom is 0.320 e. The zero-order chi connectivity index (χ0) is 25.9. The van der Waals surface area contributed by atoms with Crippen molar-refractivity contribution in [1.82, 2.24) is 10.6 Å². The lowest BCUT2D eigenvalue weighted by atomic mass is 10.1. The van der Waals surface area contributed by atoms with Crippen molar-refractivity contribution < 1.29 is 19.8 Å². The largest absolute Gasteiger partial charge is 0.481 e. The highest BCUT2D eigenvalue weighted by atomic mass is 16.4. The second-order valence-electron chi connectivity index (χ2n) is 8.66. The summed E-state index contributed by atoms with van der Waals surface area (Å²) < 4.78 is 0. The molecule has 0 heterocycles. The molecule has 0 saturated heterocycles. The molecule has 0 bridgehead atoms. The van der Waals surface area contributed by atoms with Crippen LogP contribution < -0.4 is 16.4 Å². The monoisotopic (exact) mass is 484 g/mol. The second-order valence-corrected chi connectivity index (χ2v) is 8.66. The zero-order valence-electron chi connectivity index (χ0n) is 21.7. The fraction of sp³-hybridized carbons (Fsp3) is 0.808. The summed E-state index contributed by atoms with van der Waals surface area (Å²) in [6.45, 7) is 5.29. The molecule has 0 saturated carbocycles. The van der Waals surface area contributed by atoms with E-state index in [9.17, 15) is 9.59 Å². The van der Waals surface area contributed by atoms with Crippen LogP contribution in [-0.2, 0) is 9.59 Å². The molecule has 0 aromatic rings. The molecule has 0 rings (SSSR count). The summed E-state index contributed by atoms with van der Waals surface area (Å²) in [6, 6.07) is -0.506. The summed E-state index contributed by atoms with van der Waals surface area (Å²) in [5.74, 6) is -1.59. The number of unbranched alkanes of at least 4 members (excludes halogenated alkanes) is 11. The molecule has 0 aliphatic heterocycles. The Hall–Kier alpha value is -2.09. The molecule has 0 aliphatic carbocycles. The lowest BCUT2D eigenvalue weighted by molar-refractivity contribution is -0.140. The number of carboxylic acids is 2. The number of rotatable bonds is 22. The lowest BCUT2D eigenvalue weighted by Gasteiger charge is -2.12. The summed E-state index contributed by atoms with van der Waals surface area (Å²) in [4.78, 5) is 21.0. The normalized spacial score (nSPS) is 11.6. The van der Waals surface area contributed by atoms with Crippen LogP contribution in [0.5, 0.6) is 0 Å². The Morgan fingerprint density at radius 1 is 0.853 bits per heavy atom.